The Hall–Kier alpha value is -7.10. The van der Waals surface area contributed by atoms with Crippen molar-refractivity contribution in [2.75, 3.05) is 9.80 Å². The van der Waals surface area contributed by atoms with Gasteiger partial charge in [0.25, 0.3) is 0 Å². The van der Waals surface area contributed by atoms with E-state index in [2.05, 4.69) is 218 Å². The van der Waals surface area contributed by atoms with E-state index in [1.54, 1.807) is 0 Å². The molecule has 2 aliphatic heterocycles. The summed E-state index contributed by atoms with van der Waals surface area (Å²) in [5.74, 6) is 1.69. The summed E-state index contributed by atoms with van der Waals surface area (Å²) in [6, 6.07) is 70.0. The van der Waals surface area contributed by atoms with Gasteiger partial charge in [-0.2, -0.15) is 0 Å². The van der Waals surface area contributed by atoms with Crippen LogP contribution in [-0.4, -0.2) is 0 Å². The molecule has 0 unspecified atom stereocenters. The van der Waals surface area contributed by atoms with Crippen LogP contribution in [-0.2, 0) is 5.41 Å². The minimum Gasteiger partial charge on any atom is -0.451 e. The van der Waals surface area contributed by atoms with E-state index in [1.165, 1.54) is 60.6 Å². The number of hydrogen-bond donors (Lipinski definition) is 0. The molecule has 0 saturated heterocycles. The number of benzene rings is 9. The van der Waals surface area contributed by atoms with Crippen molar-refractivity contribution in [2.24, 2.45) is 0 Å². The Morgan fingerprint density at radius 3 is 1.82 bits per heavy atom. The highest BCUT2D eigenvalue weighted by Crippen LogP contribution is 2.64. The Bertz CT molecular complexity index is 2960. The second-order valence-electron chi connectivity index (χ2n) is 15.3. The summed E-state index contributed by atoms with van der Waals surface area (Å²) < 4.78 is 7.25. The zero-order valence-electron chi connectivity index (χ0n) is 31.3. The molecule has 9 aromatic rings. The zero-order chi connectivity index (χ0) is 37.4. The first-order chi connectivity index (χ1) is 27.5. The van der Waals surface area contributed by atoms with Gasteiger partial charge in [0.05, 0.1) is 22.7 Å². The van der Waals surface area contributed by atoms with E-state index in [4.69, 9.17) is 4.74 Å². The average molecular weight is 719 g/mol. The second kappa shape index (κ2) is 12.5. The molecule has 9 aromatic carbocycles. The van der Waals surface area contributed by atoms with Crippen LogP contribution in [0.25, 0.3) is 43.8 Å². The van der Waals surface area contributed by atoms with Crippen molar-refractivity contribution in [1.82, 2.24) is 0 Å². The van der Waals surface area contributed by atoms with Crippen LogP contribution in [0.2, 0.25) is 0 Å². The molecule has 0 amide bonds. The molecule has 11 rings (SSSR count). The topological polar surface area (TPSA) is 15.7 Å². The van der Waals surface area contributed by atoms with Crippen molar-refractivity contribution in [1.29, 1.82) is 0 Å². The van der Waals surface area contributed by atoms with Gasteiger partial charge in [-0.25, -0.2) is 0 Å². The fourth-order valence-electron chi connectivity index (χ4n) is 9.04. The van der Waals surface area contributed by atoms with Crippen molar-refractivity contribution < 1.29 is 4.74 Å². The van der Waals surface area contributed by atoms with Gasteiger partial charge in [0.1, 0.15) is 0 Å². The number of nitrogens with zero attached hydrogens (tertiary/aromatic N) is 2. The monoisotopic (exact) mass is 718 g/mol. The molecular weight excluding hydrogens is 681 g/mol. The summed E-state index contributed by atoms with van der Waals surface area (Å²) in [4.78, 5) is 4.82. The maximum atomic E-state index is 7.25. The van der Waals surface area contributed by atoms with Crippen LogP contribution in [0, 0.1) is 0 Å². The Balaban J connectivity index is 1.14. The molecule has 2 heterocycles. The molecule has 0 aromatic heterocycles. The van der Waals surface area contributed by atoms with Gasteiger partial charge in [-0.15, -0.1) is 0 Å². The first-order valence-electron chi connectivity index (χ1n) is 19.4. The fourth-order valence-corrected chi connectivity index (χ4v) is 9.04. The lowest BCUT2D eigenvalue weighted by molar-refractivity contribution is 0.473. The van der Waals surface area contributed by atoms with Crippen LogP contribution >= 0.6 is 0 Å². The van der Waals surface area contributed by atoms with Crippen molar-refractivity contribution >= 4 is 55.7 Å². The molecule has 0 saturated carbocycles. The third-order valence-electron chi connectivity index (χ3n) is 11.8. The predicted octanol–water partition coefficient (Wildman–Crippen LogP) is 15.0. The first kappa shape index (κ1) is 32.3. The van der Waals surface area contributed by atoms with Gasteiger partial charge < -0.3 is 14.5 Å². The third-order valence-corrected chi connectivity index (χ3v) is 11.8. The summed E-state index contributed by atoms with van der Waals surface area (Å²) in [6.07, 6.45) is 0. The number of fused-ring (bicyclic) bond motifs is 7. The van der Waals surface area contributed by atoms with Crippen molar-refractivity contribution in [3.05, 3.63) is 205 Å². The quantitative estimate of drug-likeness (QED) is 0.176. The fraction of sp³-hybridized carbons (Fsp3) is 0.0566. The Morgan fingerprint density at radius 1 is 0.446 bits per heavy atom. The lowest BCUT2D eigenvalue weighted by Crippen LogP contribution is -2.33. The Kier molecular flexibility index (Phi) is 7.20. The van der Waals surface area contributed by atoms with Gasteiger partial charge in [0.2, 0.25) is 0 Å². The van der Waals surface area contributed by atoms with Crippen LogP contribution in [0.3, 0.4) is 0 Å². The van der Waals surface area contributed by atoms with E-state index in [0.29, 0.717) is 0 Å². The van der Waals surface area contributed by atoms with E-state index < -0.39 is 0 Å². The highest BCUT2D eigenvalue weighted by molar-refractivity contribution is 6.07. The molecule has 0 fully saturated rings. The summed E-state index contributed by atoms with van der Waals surface area (Å²) in [6.45, 7) is 4.67. The largest absolute Gasteiger partial charge is 0.451 e. The molecule has 0 aliphatic carbocycles. The molecule has 3 heteroatoms. The lowest BCUT2D eigenvalue weighted by atomic mass is 9.73. The van der Waals surface area contributed by atoms with Gasteiger partial charge in [-0.05, 0) is 92.0 Å². The van der Waals surface area contributed by atoms with Gasteiger partial charge in [0, 0.05) is 22.2 Å². The zero-order valence-corrected chi connectivity index (χ0v) is 31.3. The molecular formula is C53H38N2O. The highest BCUT2D eigenvalue weighted by atomic mass is 16.5. The van der Waals surface area contributed by atoms with E-state index in [0.717, 1.165) is 39.9 Å². The number of ether oxygens (including phenoxy) is 1. The summed E-state index contributed by atoms with van der Waals surface area (Å²) in [5, 5.41) is 4.84. The van der Waals surface area contributed by atoms with Gasteiger partial charge >= 0.3 is 0 Å². The second-order valence-corrected chi connectivity index (χ2v) is 15.3. The molecule has 56 heavy (non-hydrogen) atoms. The van der Waals surface area contributed by atoms with Gasteiger partial charge in [0.15, 0.2) is 11.5 Å². The van der Waals surface area contributed by atoms with E-state index in [-0.39, 0.29) is 5.41 Å². The van der Waals surface area contributed by atoms with Crippen molar-refractivity contribution in [2.45, 2.75) is 19.3 Å². The summed E-state index contributed by atoms with van der Waals surface area (Å²) in [7, 11) is 0. The molecule has 3 nitrogen and oxygen atoms in total. The summed E-state index contributed by atoms with van der Waals surface area (Å²) in [5.41, 5.74) is 13.5. The van der Waals surface area contributed by atoms with E-state index in [9.17, 15) is 0 Å². The molecule has 0 radical (unpaired) electrons. The number of anilines is 6. The van der Waals surface area contributed by atoms with Crippen LogP contribution in [0.4, 0.5) is 34.1 Å². The molecule has 0 spiro atoms. The lowest BCUT2D eigenvalue weighted by Gasteiger charge is -2.46. The predicted molar refractivity (Wildman–Crippen MR) is 234 cm³/mol. The SMILES string of the molecule is CC1(C)c2ccccc2N2c3c1ccc(N(c1ccc(-c4ccccc4)cc1)c1ccc(-c4cccc5ccccc45)cc1)c3Oc1ccc3ccccc3c12. The van der Waals surface area contributed by atoms with Crippen molar-refractivity contribution in [3.8, 4) is 33.8 Å². The number of rotatable bonds is 5. The normalized spacial score (nSPS) is 13.4. The average Bonchev–Trinajstić information content (AvgIpc) is 3.26. The number of hydrogen-bond acceptors (Lipinski definition) is 3. The Morgan fingerprint density at radius 2 is 1.05 bits per heavy atom. The van der Waals surface area contributed by atoms with Crippen LogP contribution in [0.1, 0.15) is 25.0 Å². The maximum Gasteiger partial charge on any atom is 0.175 e. The first-order valence-corrected chi connectivity index (χ1v) is 19.4. The van der Waals surface area contributed by atoms with E-state index >= 15 is 0 Å². The number of para-hydroxylation sites is 1. The van der Waals surface area contributed by atoms with Crippen LogP contribution < -0.4 is 14.5 Å². The minimum absolute atomic E-state index is 0.260. The molecule has 0 bridgehead atoms. The van der Waals surface area contributed by atoms with Gasteiger partial charge in [-0.3, -0.25) is 0 Å². The Labute approximate surface area is 327 Å². The van der Waals surface area contributed by atoms with Crippen LogP contribution in [0.5, 0.6) is 11.5 Å². The highest BCUT2D eigenvalue weighted by Gasteiger charge is 2.43. The molecule has 0 atom stereocenters. The minimum atomic E-state index is -0.260. The van der Waals surface area contributed by atoms with E-state index in [1.807, 2.05) is 0 Å². The molecule has 0 N–H and O–H groups in total. The van der Waals surface area contributed by atoms with Crippen LogP contribution in [0.15, 0.2) is 194 Å². The summed E-state index contributed by atoms with van der Waals surface area (Å²) >= 11 is 0. The third kappa shape index (κ3) is 4.91. The maximum absolute atomic E-state index is 7.25. The standard InChI is InChI=1S/C53H38N2O/c1-53(2)45-21-10-11-22-47(45)55-50-44-19-9-7-16-38(44)27-34-49(50)56-52-48(33-32-46(53)51(52)55)54(40-28-23-36(24-29-40)35-13-4-3-5-14-35)41-30-25-39(26-31-41)43-20-12-17-37-15-6-8-18-42(37)43/h3-34H,1-2H3. The van der Waals surface area contributed by atoms with Crippen molar-refractivity contribution in [3.63, 3.8) is 0 Å². The van der Waals surface area contributed by atoms with Gasteiger partial charge in [-0.1, -0.05) is 166 Å². The smallest absolute Gasteiger partial charge is 0.175 e. The molecule has 266 valence electrons. The molecule has 2 aliphatic rings.